The van der Waals surface area contributed by atoms with Gasteiger partial charge in [-0.2, -0.15) is 0 Å². The predicted molar refractivity (Wildman–Crippen MR) is 169 cm³/mol. The number of carbonyl (C=O) groups excluding carboxylic acids is 2. The lowest BCUT2D eigenvalue weighted by Gasteiger charge is -2.16. The predicted octanol–water partition coefficient (Wildman–Crippen LogP) is 7.65. The van der Waals surface area contributed by atoms with E-state index in [0.29, 0.717) is 11.1 Å². The molecule has 0 aliphatic heterocycles. The van der Waals surface area contributed by atoms with E-state index in [1.54, 1.807) is 13.8 Å². The molecule has 0 aromatic heterocycles. The summed E-state index contributed by atoms with van der Waals surface area (Å²) in [6.07, 6.45) is -0.597. The fraction of sp³-hybridized carbons (Fsp3) is 0.290. The Morgan fingerprint density at radius 1 is 0.553 bits per heavy atom. The van der Waals surface area contributed by atoms with Crippen LogP contribution in [0.15, 0.2) is 130 Å². The van der Waals surface area contributed by atoms with Crippen LogP contribution >= 0.6 is 0 Å². The van der Waals surface area contributed by atoms with Gasteiger partial charge in [0.15, 0.2) is 6.29 Å². The van der Waals surface area contributed by atoms with Crippen LogP contribution in [0.25, 0.3) is 0 Å². The van der Waals surface area contributed by atoms with E-state index in [9.17, 15) is 9.59 Å². The SMILES string of the molecule is C=C.C=C.C=C.C=C.C=C.C=C.C=C.C=C.C=C(C)C(=O)OCCOCC(OC)OCCOC(=O)C(=C)C. The van der Waals surface area contributed by atoms with Crippen LogP contribution in [-0.4, -0.2) is 58.4 Å². The quantitative estimate of drug-likeness (QED) is 0.0827. The minimum atomic E-state index is -0.597. The van der Waals surface area contributed by atoms with Crippen molar-refractivity contribution < 1.29 is 33.3 Å². The summed E-state index contributed by atoms with van der Waals surface area (Å²) in [5.41, 5.74) is 0.665. The van der Waals surface area contributed by atoms with Gasteiger partial charge in [0.2, 0.25) is 0 Å². The Kier molecular flexibility index (Phi) is 120. The smallest absolute Gasteiger partial charge is 0.333 e. The second kappa shape index (κ2) is 76.6. The molecule has 0 radical (unpaired) electrons. The van der Waals surface area contributed by atoms with Gasteiger partial charge < -0.3 is 23.7 Å². The first-order valence-electron chi connectivity index (χ1n) is 10.8. The Morgan fingerprint density at radius 3 is 1.11 bits per heavy atom. The van der Waals surface area contributed by atoms with E-state index in [1.165, 1.54) is 7.11 Å². The van der Waals surface area contributed by atoms with Crippen molar-refractivity contribution in [2.24, 2.45) is 0 Å². The maximum Gasteiger partial charge on any atom is 0.333 e. The van der Waals surface area contributed by atoms with Gasteiger partial charge in [0, 0.05) is 18.3 Å². The molecule has 0 N–H and O–H groups in total. The number of carbonyl (C=O) groups is 2. The molecule has 38 heavy (non-hydrogen) atoms. The monoisotopic (exact) mass is 540 g/mol. The third-order valence-corrected chi connectivity index (χ3v) is 2.29. The van der Waals surface area contributed by atoms with Crippen LogP contribution in [0.2, 0.25) is 0 Å². The molecule has 222 valence electrons. The zero-order valence-corrected chi connectivity index (χ0v) is 24.7. The summed E-state index contributed by atoms with van der Waals surface area (Å²) >= 11 is 0. The molecule has 0 aromatic carbocycles. The molecule has 7 nitrogen and oxygen atoms in total. The van der Waals surface area contributed by atoms with E-state index < -0.39 is 18.2 Å². The van der Waals surface area contributed by atoms with Gasteiger partial charge in [-0.3, -0.25) is 0 Å². The third kappa shape index (κ3) is 69.7. The topological polar surface area (TPSA) is 80.3 Å². The summed E-state index contributed by atoms with van der Waals surface area (Å²) in [6, 6.07) is 0. The summed E-state index contributed by atoms with van der Waals surface area (Å²) < 4.78 is 25.3. The van der Waals surface area contributed by atoms with Gasteiger partial charge in [0.05, 0.1) is 19.8 Å². The largest absolute Gasteiger partial charge is 0.460 e. The molecular formula is C31H56O7. The molecule has 1 atom stereocenters. The Labute approximate surface area is 235 Å². The molecule has 0 saturated carbocycles. The van der Waals surface area contributed by atoms with Gasteiger partial charge in [-0.25, -0.2) is 9.59 Å². The van der Waals surface area contributed by atoms with Crippen molar-refractivity contribution in [3.8, 4) is 0 Å². The van der Waals surface area contributed by atoms with Crippen molar-refractivity contribution in [3.63, 3.8) is 0 Å². The highest BCUT2D eigenvalue weighted by Crippen LogP contribution is 1.97. The van der Waals surface area contributed by atoms with Gasteiger partial charge in [0.1, 0.15) is 13.2 Å². The van der Waals surface area contributed by atoms with Gasteiger partial charge in [-0.05, 0) is 13.8 Å². The first kappa shape index (κ1) is 59.4. The number of hydrogen-bond acceptors (Lipinski definition) is 7. The van der Waals surface area contributed by atoms with Crippen molar-refractivity contribution in [2.75, 3.05) is 40.1 Å². The number of methoxy groups -OCH3 is 1. The molecule has 0 bridgehead atoms. The van der Waals surface area contributed by atoms with E-state index in [1.807, 2.05) is 0 Å². The molecule has 0 amide bonds. The second-order valence-electron chi connectivity index (χ2n) is 4.44. The van der Waals surface area contributed by atoms with Gasteiger partial charge in [0.25, 0.3) is 0 Å². The van der Waals surface area contributed by atoms with Crippen molar-refractivity contribution >= 4 is 11.9 Å². The minimum Gasteiger partial charge on any atom is -0.460 e. The van der Waals surface area contributed by atoms with Crippen LogP contribution in [0.3, 0.4) is 0 Å². The highest BCUT2D eigenvalue weighted by Gasteiger charge is 2.09. The maximum absolute atomic E-state index is 11.1. The summed E-state index contributed by atoms with van der Waals surface area (Å²) in [7, 11) is 1.47. The lowest BCUT2D eigenvalue weighted by atomic mass is 10.4. The van der Waals surface area contributed by atoms with E-state index in [4.69, 9.17) is 23.7 Å². The molecule has 0 saturated heterocycles. The average Bonchev–Trinajstić information content (AvgIpc) is 3.01. The van der Waals surface area contributed by atoms with Crippen LogP contribution in [0.4, 0.5) is 0 Å². The van der Waals surface area contributed by atoms with E-state index >= 15 is 0 Å². The van der Waals surface area contributed by atoms with Gasteiger partial charge in [-0.15, -0.1) is 105 Å². The zero-order valence-electron chi connectivity index (χ0n) is 24.7. The maximum atomic E-state index is 11.1. The number of rotatable bonds is 12. The summed E-state index contributed by atoms with van der Waals surface area (Å²) in [5.74, 6) is -0.921. The zero-order chi connectivity index (χ0) is 33.0. The highest BCUT2D eigenvalue weighted by molar-refractivity contribution is 5.87. The van der Waals surface area contributed by atoms with Crippen molar-refractivity contribution in [1.82, 2.24) is 0 Å². The molecule has 0 spiro atoms. The standard InChI is InChI=1S/C15H24O7.8C2H4/c1-11(2)14(16)21-7-6-19-10-13(18-5)20-8-9-22-15(17)12(3)4;8*1-2/h13H,1,3,6-10H2,2,4-5H3;8*1-2H2. The first-order valence-corrected chi connectivity index (χ1v) is 10.8. The van der Waals surface area contributed by atoms with Crippen LogP contribution < -0.4 is 0 Å². The van der Waals surface area contributed by atoms with Crippen LogP contribution in [-0.2, 0) is 33.3 Å². The summed E-state index contributed by atoms with van der Waals surface area (Å²) in [5, 5.41) is 0. The van der Waals surface area contributed by atoms with Crippen LogP contribution in [0.5, 0.6) is 0 Å². The number of hydrogen-bond donors (Lipinski definition) is 0. The third-order valence-electron chi connectivity index (χ3n) is 2.29. The average molecular weight is 541 g/mol. The first-order chi connectivity index (χ1) is 18.4. The van der Waals surface area contributed by atoms with Crippen LogP contribution in [0.1, 0.15) is 13.8 Å². The van der Waals surface area contributed by atoms with E-state index in [0.717, 1.165) is 0 Å². The summed E-state index contributed by atoms with van der Waals surface area (Å²) in [6.45, 7) is 58.8. The van der Waals surface area contributed by atoms with E-state index in [2.05, 4.69) is 118 Å². The highest BCUT2D eigenvalue weighted by atomic mass is 16.7. The fourth-order valence-corrected chi connectivity index (χ4v) is 1.12. The molecule has 1 unspecified atom stereocenters. The normalized spacial score (nSPS) is 7.55. The lowest BCUT2D eigenvalue weighted by molar-refractivity contribution is -0.170. The van der Waals surface area contributed by atoms with Crippen LogP contribution in [0, 0.1) is 0 Å². The van der Waals surface area contributed by atoms with Crippen molar-refractivity contribution in [2.45, 2.75) is 20.1 Å². The Hall–Kier alpha value is -3.78. The molecule has 7 heteroatoms. The van der Waals surface area contributed by atoms with Gasteiger partial charge >= 0.3 is 11.9 Å². The second-order valence-corrected chi connectivity index (χ2v) is 4.44. The molecule has 0 heterocycles. The molecule has 0 aliphatic rings. The molecule has 0 aromatic rings. The van der Waals surface area contributed by atoms with Gasteiger partial charge in [-0.1, -0.05) is 13.2 Å². The molecule has 0 rings (SSSR count). The van der Waals surface area contributed by atoms with Crippen molar-refractivity contribution in [3.05, 3.63) is 130 Å². The minimum absolute atomic E-state index is 0.0990. The van der Waals surface area contributed by atoms with E-state index in [-0.39, 0.29) is 33.0 Å². The Balaban J connectivity index is -0.0000000636. The molecule has 0 aliphatic carbocycles. The lowest BCUT2D eigenvalue weighted by Crippen LogP contribution is -2.25. The number of esters is 2. The molecule has 0 fully saturated rings. The number of ether oxygens (including phenoxy) is 5. The summed E-state index contributed by atoms with van der Waals surface area (Å²) in [4.78, 5) is 22.2. The Morgan fingerprint density at radius 2 is 0.842 bits per heavy atom. The Bertz CT molecular complexity index is 480. The van der Waals surface area contributed by atoms with Crippen molar-refractivity contribution in [1.29, 1.82) is 0 Å². The fourth-order valence-electron chi connectivity index (χ4n) is 1.12. The molecular weight excluding hydrogens is 484 g/mol.